The molecule has 0 aromatic rings. The van der Waals surface area contributed by atoms with E-state index in [-0.39, 0.29) is 0 Å². The van der Waals surface area contributed by atoms with E-state index in [1.165, 1.54) is 19.3 Å². The molecule has 0 N–H and O–H groups in total. The van der Waals surface area contributed by atoms with Gasteiger partial charge >= 0.3 is 52.8 Å². The van der Waals surface area contributed by atoms with Gasteiger partial charge in [-0.05, 0) is 0 Å². The third-order valence-corrected chi connectivity index (χ3v) is 1.14. The molecule has 0 aromatic carbocycles. The summed E-state index contributed by atoms with van der Waals surface area (Å²) in [5.41, 5.74) is 0. The Labute approximate surface area is 53.3 Å². The minimum absolute atomic E-state index is 0.994. The van der Waals surface area contributed by atoms with Crippen LogP contribution in [0.3, 0.4) is 0 Å². The molecule has 0 unspecified atom stereocenters. The van der Waals surface area contributed by atoms with Crippen molar-refractivity contribution in [3.8, 4) is 0 Å². The van der Waals surface area contributed by atoms with Crippen LogP contribution in [-0.4, -0.2) is 6.54 Å². The summed E-state index contributed by atoms with van der Waals surface area (Å²) in [6.45, 7) is 3.19. The van der Waals surface area contributed by atoms with Crippen LogP contribution >= 0.6 is 0 Å². The van der Waals surface area contributed by atoms with Crippen molar-refractivity contribution in [2.45, 2.75) is 26.2 Å². The van der Waals surface area contributed by atoms with Crippen molar-refractivity contribution in [2.75, 3.05) is 6.54 Å². The van der Waals surface area contributed by atoms with Gasteiger partial charge in [-0.2, -0.15) is 0 Å². The Bertz CT molecular complexity index is 45.3. The van der Waals surface area contributed by atoms with Gasteiger partial charge in [0.05, 0.1) is 0 Å². The quantitative estimate of drug-likeness (QED) is 0.525. The Morgan fingerprint density at radius 2 is 2.14 bits per heavy atom. The molecule has 0 heterocycles. The third kappa shape index (κ3) is 6.33. The Kier molecular flexibility index (Phi) is 6.63. The first-order valence-corrected chi connectivity index (χ1v) is 3.28. The van der Waals surface area contributed by atoms with Crippen molar-refractivity contribution in [1.29, 1.82) is 0 Å². The van der Waals surface area contributed by atoms with Crippen LogP contribution in [0.4, 0.5) is 0 Å². The van der Waals surface area contributed by atoms with E-state index >= 15 is 0 Å². The zero-order valence-corrected chi connectivity index (χ0v) is 5.96. The Hall–Kier alpha value is 0.332. The van der Waals surface area contributed by atoms with Gasteiger partial charge in [-0.15, -0.1) is 0 Å². The van der Waals surface area contributed by atoms with Gasteiger partial charge in [0.1, 0.15) is 0 Å². The molecule has 0 saturated heterocycles. The molecular weight excluding hydrogens is 126 g/mol. The van der Waals surface area contributed by atoms with Crippen molar-refractivity contribution < 1.29 is 16.1 Å². The molecular formula is C5H11CrN. The predicted molar refractivity (Wildman–Crippen MR) is 26.8 cm³/mol. The summed E-state index contributed by atoms with van der Waals surface area (Å²) in [6, 6.07) is 0. The van der Waals surface area contributed by atoms with Crippen LogP contribution in [0.1, 0.15) is 26.2 Å². The van der Waals surface area contributed by atoms with Gasteiger partial charge in [-0.3, -0.25) is 0 Å². The summed E-state index contributed by atoms with van der Waals surface area (Å²) in [6.07, 6.45) is 3.84. The van der Waals surface area contributed by atoms with E-state index in [0.717, 1.165) is 6.54 Å². The molecule has 0 rings (SSSR count). The Morgan fingerprint density at radius 1 is 1.43 bits per heavy atom. The van der Waals surface area contributed by atoms with Crippen LogP contribution in [-0.2, 0) is 16.1 Å². The van der Waals surface area contributed by atoms with Crippen molar-refractivity contribution in [3.05, 3.63) is 0 Å². The number of hydrogen-bond donors (Lipinski definition) is 0. The number of rotatable bonds is 4. The van der Waals surface area contributed by atoms with E-state index in [4.69, 9.17) is 0 Å². The van der Waals surface area contributed by atoms with Crippen molar-refractivity contribution in [3.63, 3.8) is 0 Å². The maximum absolute atomic E-state index is 3.85. The van der Waals surface area contributed by atoms with Gasteiger partial charge in [0.2, 0.25) is 0 Å². The fourth-order valence-electron chi connectivity index (χ4n) is 0.426. The summed E-state index contributed by atoms with van der Waals surface area (Å²) in [5, 5.41) is 0. The van der Waals surface area contributed by atoms with Crippen molar-refractivity contribution in [1.82, 2.24) is 0 Å². The molecule has 2 heteroatoms. The third-order valence-electron chi connectivity index (χ3n) is 0.853. The molecule has 0 fully saturated rings. The average molecular weight is 137 g/mol. The second-order valence-electron chi connectivity index (χ2n) is 1.56. The van der Waals surface area contributed by atoms with Crippen LogP contribution in [0.15, 0.2) is 3.93 Å². The number of nitrogens with zero attached hydrogens (tertiary/aromatic N) is 1. The minimum atomic E-state index is 0.994. The molecule has 0 saturated carbocycles. The average Bonchev–Trinajstić information content (AvgIpc) is 1.69. The molecule has 42 valence electrons. The monoisotopic (exact) mass is 137 g/mol. The SMILES string of the molecule is CCCCC[N]=[Cr]. The second kappa shape index (κ2) is 6.33. The summed E-state index contributed by atoms with van der Waals surface area (Å²) < 4.78 is 3.85. The molecule has 0 aliphatic carbocycles. The molecule has 1 nitrogen and oxygen atoms in total. The fraction of sp³-hybridized carbons (Fsp3) is 1.00. The van der Waals surface area contributed by atoms with Gasteiger partial charge in [0.25, 0.3) is 0 Å². The molecule has 0 aliphatic rings. The molecule has 0 aliphatic heterocycles. The van der Waals surface area contributed by atoms with Gasteiger partial charge < -0.3 is 0 Å². The van der Waals surface area contributed by atoms with E-state index in [1.807, 2.05) is 0 Å². The second-order valence-corrected chi connectivity index (χ2v) is 1.96. The van der Waals surface area contributed by atoms with Crippen LogP contribution in [0.5, 0.6) is 0 Å². The zero-order valence-electron chi connectivity index (χ0n) is 4.68. The van der Waals surface area contributed by atoms with Gasteiger partial charge in [-0.25, -0.2) is 0 Å². The van der Waals surface area contributed by atoms with Crippen molar-refractivity contribution in [2.24, 2.45) is 3.93 Å². The van der Waals surface area contributed by atoms with E-state index in [0.29, 0.717) is 0 Å². The van der Waals surface area contributed by atoms with E-state index in [9.17, 15) is 0 Å². The molecule has 7 heavy (non-hydrogen) atoms. The molecule has 0 aromatic heterocycles. The van der Waals surface area contributed by atoms with Crippen LogP contribution in [0, 0.1) is 0 Å². The first-order valence-electron chi connectivity index (χ1n) is 2.71. The van der Waals surface area contributed by atoms with Crippen LogP contribution < -0.4 is 0 Å². The summed E-state index contributed by atoms with van der Waals surface area (Å²) in [5.74, 6) is 0. The fourth-order valence-corrected chi connectivity index (χ4v) is 0.628. The van der Waals surface area contributed by atoms with Crippen LogP contribution in [0.2, 0.25) is 0 Å². The Morgan fingerprint density at radius 3 is 2.57 bits per heavy atom. The van der Waals surface area contributed by atoms with Gasteiger partial charge in [0.15, 0.2) is 0 Å². The topological polar surface area (TPSA) is 12.4 Å². The maximum atomic E-state index is 3.85. The molecule has 0 amide bonds. The number of hydrogen-bond acceptors (Lipinski definition) is 1. The predicted octanol–water partition coefficient (Wildman–Crippen LogP) is 1.91. The van der Waals surface area contributed by atoms with Gasteiger partial charge in [0, 0.05) is 0 Å². The number of unbranched alkanes of at least 4 members (excludes halogenated alkanes) is 2. The zero-order chi connectivity index (χ0) is 5.54. The standard InChI is InChI=1S/C5H11N.Cr/c1-2-3-4-5-6;/h2-5H2,1H3;. The van der Waals surface area contributed by atoms with E-state index < -0.39 is 0 Å². The summed E-state index contributed by atoms with van der Waals surface area (Å²) >= 11 is 2.63. The van der Waals surface area contributed by atoms with Crippen LogP contribution in [0.25, 0.3) is 0 Å². The molecule has 0 atom stereocenters. The first-order chi connectivity index (χ1) is 3.41. The normalized spacial score (nSPS) is 8.71. The van der Waals surface area contributed by atoms with E-state index in [2.05, 4.69) is 26.9 Å². The summed E-state index contributed by atoms with van der Waals surface area (Å²) in [4.78, 5) is 0. The van der Waals surface area contributed by atoms with Crippen molar-refractivity contribution >= 4 is 0 Å². The molecule has 0 bridgehead atoms. The molecule has 0 radical (unpaired) electrons. The van der Waals surface area contributed by atoms with E-state index in [1.54, 1.807) is 0 Å². The molecule has 0 spiro atoms. The Balaban J connectivity index is 2.56. The first kappa shape index (κ1) is 7.33. The van der Waals surface area contributed by atoms with Gasteiger partial charge in [-0.1, -0.05) is 0 Å². The summed E-state index contributed by atoms with van der Waals surface area (Å²) in [7, 11) is 0.